The van der Waals surface area contributed by atoms with Crippen LogP contribution < -0.4 is 0 Å². The average Bonchev–Trinajstić information content (AvgIpc) is 2.57. The largest absolute Gasteiger partial charge is 0.270 e. The molecule has 0 aliphatic rings. The first kappa shape index (κ1) is 12.8. The van der Waals surface area contributed by atoms with Crippen LogP contribution in [0.3, 0.4) is 0 Å². The summed E-state index contributed by atoms with van der Waals surface area (Å²) >= 11 is 3.72. The lowest BCUT2D eigenvalue weighted by atomic mass is 10.00. The van der Waals surface area contributed by atoms with E-state index < -0.39 is 0 Å². The smallest absolute Gasteiger partial charge is 0.0596 e. The summed E-state index contributed by atoms with van der Waals surface area (Å²) in [4.78, 5) is 0.609. The van der Waals surface area contributed by atoms with E-state index >= 15 is 0 Å². The van der Waals surface area contributed by atoms with Gasteiger partial charge < -0.3 is 0 Å². The van der Waals surface area contributed by atoms with E-state index in [4.69, 9.17) is 0 Å². The van der Waals surface area contributed by atoms with Crippen LogP contribution in [0.5, 0.6) is 0 Å². The summed E-state index contributed by atoms with van der Waals surface area (Å²) < 4.78 is 2.11. The van der Waals surface area contributed by atoms with Crippen LogP contribution in [0.15, 0.2) is 6.07 Å². The maximum Gasteiger partial charge on any atom is 0.0596 e. The van der Waals surface area contributed by atoms with Crippen molar-refractivity contribution in [2.24, 2.45) is 5.92 Å². The molecule has 0 amide bonds. The van der Waals surface area contributed by atoms with Gasteiger partial charge in [0.1, 0.15) is 0 Å². The van der Waals surface area contributed by atoms with Gasteiger partial charge in [-0.3, -0.25) is 4.68 Å². The molecular weight excluding hydrogens is 252 g/mol. The third kappa shape index (κ3) is 3.33. The summed E-state index contributed by atoms with van der Waals surface area (Å²) in [6.45, 7) is 9.69. The topological polar surface area (TPSA) is 17.8 Å². The Kier molecular flexibility index (Phi) is 4.84. The van der Waals surface area contributed by atoms with E-state index in [9.17, 15) is 0 Å². The highest BCUT2D eigenvalue weighted by molar-refractivity contribution is 9.09. The number of nitrogens with zero attached hydrogens (tertiary/aromatic N) is 2. The summed E-state index contributed by atoms with van der Waals surface area (Å²) in [7, 11) is 0. The molecule has 3 heteroatoms. The minimum absolute atomic E-state index is 0.609. The summed E-state index contributed by atoms with van der Waals surface area (Å²) in [5.41, 5.74) is 2.49. The molecule has 2 atom stereocenters. The first-order valence-electron chi connectivity index (χ1n) is 5.75. The second-order valence-corrected chi connectivity index (χ2v) is 5.37. The zero-order chi connectivity index (χ0) is 11.4. The van der Waals surface area contributed by atoms with Gasteiger partial charge in [0.05, 0.1) is 5.69 Å². The number of alkyl halides is 1. The average molecular weight is 273 g/mol. The van der Waals surface area contributed by atoms with Crippen molar-refractivity contribution in [3.63, 3.8) is 0 Å². The van der Waals surface area contributed by atoms with Crippen LogP contribution in [0.25, 0.3) is 0 Å². The fourth-order valence-electron chi connectivity index (χ4n) is 1.90. The highest BCUT2D eigenvalue weighted by Crippen LogP contribution is 2.21. The lowest BCUT2D eigenvalue weighted by Gasteiger charge is -2.16. The number of rotatable bonds is 5. The van der Waals surface area contributed by atoms with Gasteiger partial charge in [-0.15, -0.1) is 0 Å². The summed E-state index contributed by atoms with van der Waals surface area (Å²) in [6.07, 6.45) is 2.29. The molecule has 2 nitrogen and oxygen atoms in total. The van der Waals surface area contributed by atoms with Gasteiger partial charge in [0, 0.05) is 17.1 Å². The molecule has 86 valence electrons. The Morgan fingerprint density at radius 2 is 2.13 bits per heavy atom. The number of halogens is 1. The molecule has 0 aromatic carbocycles. The monoisotopic (exact) mass is 272 g/mol. The van der Waals surface area contributed by atoms with Crippen LogP contribution in [0.4, 0.5) is 0 Å². The van der Waals surface area contributed by atoms with Gasteiger partial charge in [0.2, 0.25) is 0 Å². The van der Waals surface area contributed by atoms with Crippen molar-refractivity contribution in [2.45, 2.75) is 51.9 Å². The predicted molar refractivity (Wildman–Crippen MR) is 68.5 cm³/mol. The van der Waals surface area contributed by atoms with Crippen molar-refractivity contribution in [1.82, 2.24) is 9.78 Å². The first-order valence-corrected chi connectivity index (χ1v) is 6.67. The van der Waals surface area contributed by atoms with Crippen LogP contribution in [0.1, 0.15) is 38.6 Å². The Hall–Kier alpha value is -0.310. The van der Waals surface area contributed by atoms with Gasteiger partial charge in [-0.25, -0.2) is 0 Å². The summed E-state index contributed by atoms with van der Waals surface area (Å²) in [5, 5.41) is 4.47. The number of hydrogen-bond acceptors (Lipinski definition) is 1. The molecule has 1 rings (SSSR count). The summed E-state index contributed by atoms with van der Waals surface area (Å²) in [6, 6.07) is 2.20. The molecule has 0 spiro atoms. The minimum atomic E-state index is 0.609. The minimum Gasteiger partial charge on any atom is -0.270 e. The second-order valence-electron chi connectivity index (χ2n) is 4.20. The fourth-order valence-corrected chi connectivity index (χ4v) is 2.08. The number of aromatic nitrogens is 2. The highest BCUT2D eigenvalue weighted by Gasteiger charge is 2.15. The third-order valence-corrected chi connectivity index (χ3v) is 4.37. The Morgan fingerprint density at radius 3 is 2.67 bits per heavy atom. The molecular formula is C12H21BrN2. The van der Waals surface area contributed by atoms with E-state index in [0.717, 1.165) is 18.7 Å². The molecule has 1 aromatic heterocycles. The van der Waals surface area contributed by atoms with E-state index in [2.05, 4.69) is 59.5 Å². The van der Waals surface area contributed by atoms with Gasteiger partial charge in [0.15, 0.2) is 0 Å². The molecule has 0 aliphatic heterocycles. The van der Waals surface area contributed by atoms with E-state index in [1.54, 1.807) is 0 Å². The highest BCUT2D eigenvalue weighted by atomic mass is 79.9. The molecule has 0 N–H and O–H groups in total. The Balaban J connectivity index is 2.70. The molecule has 0 saturated carbocycles. The van der Waals surface area contributed by atoms with E-state index in [1.165, 1.54) is 12.1 Å². The van der Waals surface area contributed by atoms with Crippen LogP contribution in [0, 0.1) is 12.8 Å². The van der Waals surface area contributed by atoms with Gasteiger partial charge in [-0.1, -0.05) is 29.8 Å². The fraction of sp³-hybridized carbons (Fsp3) is 0.750. The SMILES string of the molecule is CCC(Br)C(C)Cc1cc(C)nn1CC. The van der Waals surface area contributed by atoms with Crippen molar-refractivity contribution in [3.8, 4) is 0 Å². The van der Waals surface area contributed by atoms with Gasteiger partial charge in [-0.2, -0.15) is 5.10 Å². The van der Waals surface area contributed by atoms with Crippen molar-refractivity contribution in [2.75, 3.05) is 0 Å². The molecule has 0 radical (unpaired) electrons. The van der Waals surface area contributed by atoms with Gasteiger partial charge in [0.25, 0.3) is 0 Å². The maximum absolute atomic E-state index is 4.47. The Labute approximate surface area is 101 Å². The predicted octanol–water partition coefficient (Wildman–Crippen LogP) is 3.56. The Bertz CT molecular complexity index is 307. The van der Waals surface area contributed by atoms with E-state index in [0.29, 0.717) is 10.7 Å². The van der Waals surface area contributed by atoms with Crippen LogP contribution in [-0.4, -0.2) is 14.6 Å². The molecule has 0 fully saturated rings. The Morgan fingerprint density at radius 1 is 1.47 bits per heavy atom. The molecule has 0 bridgehead atoms. The van der Waals surface area contributed by atoms with Crippen molar-refractivity contribution < 1.29 is 0 Å². The molecule has 0 aliphatic carbocycles. The first-order chi connectivity index (χ1) is 7.08. The molecule has 15 heavy (non-hydrogen) atoms. The zero-order valence-electron chi connectivity index (χ0n) is 10.1. The van der Waals surface area contributed by atoms with E-state index in [1.807, 2.05) is 0 Å². The zero-order valence-corrected chi connectivity index (χ0v) is 11.7. The molecule has 1 aromatic rings. The van der Waals surface area contributed by atoms with Crippen LogP contribution in [0.2, 0.25) is 0 Å². The quantitative estimate of drug-likeness (QED) is 0.750. The van der Waals surface area contributed by atoms with Crippen LogP contribution in [-0.2, 0) is 13.0 Å². The normalized spacial score (nSPS) is 15.3. The number of aryl methyl sites for hydroxylation is 2. The van der Waals surface area contributed by atoms with Crippen molar-refractivity contribution in [3.05, 3.63) is 17.5 Å². The van der Waals surface area contributed by atoms with Crippen molar-refractivity contribution in [1.29, 1.82) is 0 Å². The lowest BCUT2D eigenvalue weighted by Crippen LogP contribution is -2.15. The van der Waals surface area contributed by atoms with Gasteiger partial charge in [-0.05, 0) is 38.7 Å². The third-order valence-electron chi connectivity index (χ3n) is 2.82. The van der Waals surface area contributed by atoms with Crippen molar-refractivity contribution >= 4 is 15.9 Å². The summed E-state index contributed by atoms with van der Waals surface area (Å²) in [5.74, 6) is 0.663. The maximum atomic E-state index is 4.47. The molecule has 0 saturated heterocycles. The number of hydrogen-bond donors (Lipinski definition) is 0. The standard InChI is InChI=1S/C12H21BrN2/c1-5-12(13)9(3)7-11-8-10(4)14-15(11)6-2/h8-9,12H,5-7H2,1-4H3. The van der Waals surface area contributed by atoms with Gasteiger partial charge >= 0.3 is 0 Å². The molecule has 2 unspecified atom stereocenters. The van der Waals surface area contributed by atoms with E-state index in [-0.39, 0.29) is 0 Å². The second kappa shape index (κ2) is 5.69. The lowest BCUT2D eigenvalue weighted by molar-refractivity contribution is 0.509. The molecule has 1 heterocycles. The van der Waals surface area contributed by atoms with Crippen LogP contribution >= 0.6 is 15.9 Å².